The van der Waals surface area contributed by atoms with Crippen LogP contribution < -0.4 is 15.1 Å². The molecule has 0 N–H and O–H groups in total. The number of aryl methyl sites for hydroxylation is 1. The summed E-state index contributed by atoms with van der Waals surface area (Å²) >= 11 is 0. The van der Waals surface area contributed by atoms with Gasteiger partial charge in [-0.15, -0.1) is 13.2 Å². The summed E-state index contributed by atoms with van der Waals surface area (Å²) in [5.41, 5.74) is 0.295. The number of ether oxygens (including phenoxy) is 2. The van der Waals surface area contributed by atoms with E-state index in [1.54, 1.807) is 38.5 Å². The van der Waals surface area contributed by atoms with E-state index in [0.717, 1.165) is 51.0 Å². The molecule has 1 heterocycles. The normalized spacial score (nSPS) is 12.2. The maximum Gasteiger partial charge on any atom is 0.573 e. The fraction of sp³-hybridized carbons (Fsp3) is 0.500. The Morgan fingerprint density at radius 2 is 1.62 bits per heavy atom. The highest BCUT2D eigenvalue weighted by Gasteiger charge is 2.33. The molecule has 0 aliphatic rings. The molecule has 0 bridgehead atoms. The molecule has 0 unspecified atom stereocenters. The van der Waals surface area contributed by atoms with Gasteiger partial charge in [-0.25, -0.2) is 4.79 Å². The first-order chi connectivity index (χ1) is 19.1. The van der Waals surface area contributed by atoms with Gasteiger partial charge in [-0.05, 0) is 61.7 Å². The van der Waals surface area contributed by atoms with Gasteiger partial charge in [0.05, 0.1) is 12.2 Å². The van der Waals surface area contributed by atoms with Crippen LogP contribution in [0.25, 0.3) is 22.1 Å². The molecule has 0 amide bonds. The Balaban J connectivity index is 1.68. The Morgan fingerprint density at radius 1 is 0.875 bits per heavy atom. The molecule has 0 saturated carbocycles. The van der Waals surface area contributed by atoms with Gasteiger partial charge in [-0.1, -0.05) is 51.2 Å². The first-order valence-corrected chi connectivity index (χ1v) is 16.3. The molecule has 0 aliphatic heterocycles. The van der Waals surface area contributed by atoms with Crippen molar-refractivity contribution >= 4 is 19.5 Å². The van der Waals surface area contributed by atoms with Crippen molar-refractivity contribution in [3.63, 3.8) is 0 Å². The number of unbranched alkanes of at least 4 members (excludes halogenated alkanes) is 5. The van der Waals surface area contributed by atoms with Crippen molar-refractivity contribution in [3.05, 3.63) is 58.4 Å². The van der Waals surface area contributed by atoms with E-state index in [-0.39, 0.29) is 11.1 Å². The number of hydrogen-bond acceptors (Lipinski definition) is 6. The lowest BCUT2D eigenvalue weighted by atomic mass is 10.00. The topological polar surface area (TPSA) is 67.1 Å². The Labute approximate surface area is 234 Å². The van der Waals surface area contributed by atoms with Crippen molar-refractivity contribution < 1.29 is 35.9 Å². The summed E-state index contributed by atoms with van der Waals surface area (Å²) in [5.74, 6) is 0.143. The van der Waals surface area contributed by atoms with Crippen molar-refractivity contribution in [3.8, 4) is 22.6 Å². The third-order valence-corrected chi connectivity index (χ3v) is 9.98. The molecular weight excluding hydrogens is 541 g/mol. The number of halogens is 3. The lowest BCUT2D eigenvalue weighted by Gasteiger charge is -2.22. The summed E-state index contributed by atoms with van der Waals surface area (Å²) in [7, 11) is 1.37. The minimum atomic E-state index is -4.89. The lowest BCUT2D eigenvalue weighted by molar-refractivity contribution is -0.274. The van der Waals surface area contributed by atoms with Gasteiger partial charge in [-0.3, -0.25) is 0 Å². The fourth-order valence-electron chi connectivity index (χ4n) is 4.48. The van der Waals surface area contributed by atoms with Crippen molar-refractivity contribution in [1.82, 2.24) is 0 Å². The quantitative estimate of drug-likeness (QED) is 0.0963. The van der Waals surface area contributed by atoms with Crippen LogP contribution in [0.5, 0.6) is 11.5 Å². The van der Waals surface area contributed by atoms with E-state index in [1.807, 2.05) is 0 Å². The van der Waals surface area contributed by atoms with Crippen LogP contribution >= 0.6 is 0 Å². The standard InChI is InChI=1S/C30H39F3O6Si/c1-5-6-9-12-22-13-16-25(28(19-22)39-30(31,32)33)26-20-23-14-15-24(21-27(23)38-29(26)34)37-17-10-7-8-11-18-40(4,35-2)36-3/h13-16,19-21H,5-12,17-18H2,1-4H3. The highest BCUT2D eigenvalue weighted by molar-refractivity contribution is 6.65. The van der Waals surface area contributed by atoms with Crippen LogP contribution in [0.2, 0.25) is 12.6 Å². The number of benzene rings is 2. The van der Waals surface area contributed by atoms with Crippen LogP contribution in [-0.2, 0) is 15.3 Å². The summed E-state index contributed by atoms with van der Waals surface area (Å²) in [6.45, 7) is 4.62. The number of rotatable bonds is 16. The van der Waals surface area contributed by atoms with Gasteiger partial charge in [0.25, 0.3) is 0 Å². The molecule has 2 aromatic carbocycles. The first kappa shape index (κ1) is 31.7. The lowest BCUT2D eigenvalue weighted by Crippen LogP contribution is -2.35. The molecule has 0 fully saturated rings. The van der Waals surface area contributed by atoms with Gasteiger partial charge >= 0.3 is 20.5 Å². The molecule has 6 nitrogen and oxygen atoms in total. The number of fused-ring (bicyclic) bond motifs is 1. The largest absolute Gasteiger partial charge is 0.573 e. The zero-order valence-electron chi connectivity index (χ0n) is 23.7. The summed E-state index contributed by atoms with van der Waals surface area (Å²) < 4.78 is 66.2. The molecule has 3 aromatic rings. The Hall–Kier alpha value is -2.82. The molecule has 220 valence electrons. The third-order valence-electron chi connectivity index (χ3n) is 7.00. The molecule has 3 rings (SSSR count). The SMILES string of the molecule is CCCCCc1ccc(-c2cc3ccc(OCCCCCC[Si](C)(OC)OC)cc3oc2=O)c(OC(F)(F)F)c1. The van der Waals surface area contributed by atoms with E-state index >= 15 is 0 Å². The first-order valence-electron chi connectivity index (χ1n) is 13.8. The molecular formula is C30H39F3O6Si. The van der Waals surface area contributed by atoms with Crippen LogP contribution in [0.3, 0.4) is 0 Å². The third kappa shape index (κ3) is 9.38. The summed E-state index contributed by atoms with van der Waals surface area (Å²) in [6.07, 6.45) is 2.52. The van der Waals surface area contributed by atoms with Gasteiger partial charge in [-0.2, -0.15) is 0 Å². The zero-order chi connectivity index (χ0) is 29.2. The molecule has 1 aromatic heterocycles. The van der Waals surface area contributed by atoms with Gasteiger partial charge in [0, 0.05) is 31.2 Å². The van der Waals surface area contributed by atoms with Crippen LogP contribution in [-0.4, -0.2) is 35.7 Å². The van der Waals surface area contributed by atoms with E-state index in [1.165, 1.54) is 18.2 Å². The maximum absolute atomic E-state index is 13.2. The average molecular weight is 581 g/mol. The number of alkyl halides is 3. The Kier molecular flexibility index (Phi) is 11.7. The maximum atomic E-state index is 13.2. The monoisotopic (exact) mass is 580 g/mol. The van der Waals surface area contributed by atoms with Gasteiger partial charge in [0.2, 0.25) is 0 Å². The van der Waals surface area contributed by atoms with Crippen molar-refractivity contribution in [2.75, 3.05) is 20.8 Å². The summed E-state index contributed by atoms with van der Waals surface area (Å²) in [5, 5.41) is 0.565. The molecule has 0 saturated heterocycles. The van der Waals surface area contributed by atoms with E-state index in [0.29, 0.717) is 35.3 Å². The second-order valence-electron chi connectivity index (χ2n) is 10.0. The van der Waals surface area contributed by atoms with Crippen LogP contribution in [0.4, 0.5) is 13.2 Å². The minimum Gasteiger partial charge on any atom is -0.493 e. The van der Waals surface area contributed by atoms with Gasteiger partial charge < -0.3 is 22.7 Å². The zero-order valence-corrected chi connectivity index (χ0v) is 24.7. The van der Waals surface area contributed by atoms with Crippen molar-refractivity contribution in [1.29, 1.82) is 0 Å². The second kappa shape index (κ2) is 14.7. The van der Waals surface area contributed by atoms with Gasteiger partial charge in [0.1, 0.15) is 17.1 Å². The highest BCUT2D eigenvalue weighted by Crippen LogP contribution is 2.35. The molecule has 0 atom stereocenters. The Bertz CT molecular complexity index is 1290. The fourth-order valence-corrected chi connectivity index (χ4v) is 5.95. The van der Waals surface area contributed by atoms with E-state index < -0.39 is 26.3 Å². The van der Waals surface area contributed by atoms with Crippen LogP contribution in [0, 0.1) is 0 Å². The predicted molar refractivity (Wildman–Crippen MR) is 152 cm³/mol. The highest BCUT2D eigenvalue weighted by atomic mass is 28.4. The Morgan fingerprint density at radius 3 is 2.33 bits per heavy atom. The van der Waals surface area contributed by atoms with E-state index in [4.69, 9.17) is 18.0 Å². The second-order valence-corrected chi connectivity index (χ2v) is 13.6. The molecule has 0 radical (unpaired) electrons. The summed E-state index contributed by atoms with van der Waals surface area (Å²) in [4.78, 5) is 12.9. The van der Waals surface area contributed by atoms with Gasteiger partial charge in [0.15, 0.2) is 0 Å². The molecule has 10 heteroatoms. The smallest absolute Gasteiger partial charge is 0.493 e. The number of hydrogen-bond donors (Lipinski definition) is 0. The minimum absolute atomic E-state index is 0.00151. The van der Waals surface area contributed by atoms with Crippen molar-refractivity contribution in [2.45, 2.75) is 77.2 Å². The average Bonchev–Trinajstić information content (AvgIpc) is 2.91. The van der Waals surface area contributed by atoms with E-state index in [9.17, 15) is 18.0 Å². The summed E-state index contributed by atoms with van der Waals surface area (Å²) in [6, 6.07) is 12.1. The predicted octanol–water partition coefficient (Wildman–Crippen LogP) is 8.40. The molecule has 40 heavy (non-hydrogen) atoms. The molecule has 0 spiro atoms. The van der Waals surface area contributed by atoms with Crippen LogP contribution in [0.15, 0.2) is 51.7 Å². The van der Waals surface area contributed by atoms with Crippen molar-refractivity contribution in [2.24, 2.45) is 0 Å². The molecule has 0 aliphatic carbocycles. The van der Waals surface area contributed by atoms with Crippen LogP contribution in [0.1, 0.15) is 57.4 Å². The van der Waals surface area contributed by atoms with E-state index in [2.05, 4.69) is 18.2 Å².